The number of rotatable bonds is 5. The second-order valence-electron chi connectivity index (χ2n) is 4.86. The average Bonchev–Trinajstić information content (AvgIpc) is 2.50. The fourth-order valence-electron chi connectivity index (χ4n) is 2.20. The first-order chi connectivity index (χ1) is 9.81. The topological polar surface area (TPSA) is 12.4 Å². The highest BCUT2D eigenvalue weighted by molar-refractivity contribution is 5.78. The molecule has 0 saturated carbocycles. The van der Waals surface area contributed by atoms with Gasteiger partial charge in [0.05, 0.1) is 6.04 Å². The van der Waals surface area contributed by atoms with Crippen LogP contribution >= 0.6 is 0 Å². The van der Waals surface area contributed by atoms with Crippen molar-refractivity contribution in [2.24, 2.45) is 4.99 Å². The molecule has 0 atom stereocenters. The Bertz CT molecular complexity index is 528. The minimum Gasteiger partial charge on any atom is -0.280 e. The fraction of sp³-hybridized carbons (Fsp3) is 0.211. The molecule has 2 rings (SSSR count). The lowest BCUT2D eigenvalue weighted by molar-refractivity contribution is 0.877. The maximum Gasteiger partial charge on any atom is 0.0999 e. The van der Waals surface area contributed by atoms with Crippen LogP contribution < -0.4 is 0 Å². The molecule has 0 amide bonds. The molecule has 0 heterocycles. The largest absolute Gasteiger partial charge is 0.280 e. The van der Waals surface area contributed by atoms with E-state index >= 15 is 0 Å². The standard InChI is InChI=1S/C19H21N/c1-3-10-16(2)15-20-19(17-11-6-4-7-12-17)18-13-8-5-9-14-18/h4-15,19H,3H2,1-2H3/b16-10+,20-15-. The summed E-state index contributed by atoms with van der Waals surface area (Å²) in [6.07, 6.45) is 5.21. The minimum atomic E-state index is 0.0672. The molecule has 0 aliphatic heterocycles. The quantitative estimate of drug-likeness (QED) is 0.657. The Labute approximate surface area is 121 Å². The molecule has 0 fully saturated rings. The molecule has 0 saturated heterocycles. The summed E-state index contributed by atoms with van der Waals surface area (Å²) in [4.78, 5) is 4.79. The van der Waals surface area contributed by atoms with Crippen LogP contribution in [-0.2, 0) is 0 Å². The van der Waals surface area contributed by atoms with Gasteiger partial charge in [-0.2, -0.15) is 0 Å². The predicted octanol–water partition coefficient (Wildman–Crippen LogP) is 5.20. The van der Waals surface area contributed by atoms with E-state index in [9.17, 15) is 0 Å². The number of hydrogen-bond acceptors (Lipinski definition) is 1. The van der Waals surface area contributed by atoms with Crippen molar-refractivity contribution in [3.8, 4) is 0 Å². The van der Waals surface area contributed by atoms with E-state index in [0.29, 0.717) is 0 Å². The molecule has 0 aliphatic rings. The molecular weight excluding hydrogens is 242 g/mol. The van der Waals surface area contributed by atoms with Gasteiger partial charge in [0.25, 0.3) is 0 Å². The first kappa shape index (κ1) is 14.3. The lowest BCUT2D eigenvalue weighted by Crippen LogP contribution is -1.98. The molecule has 2 aromatic rings. The monoisotopic (exact) mass is 263 g/mol. The van der Waals surface area contributed by atoms with Crippen LogP contribution in [0.4, 0.5) is 0 Å². The Morgan fingerprint density at radius 2 is 1.45 bits per heavy atom. The van der Waals surface area contributed by atoms with Crippen LogP contribution in [0.2, 0.25) is 0 Å². The molecule has 1 heteroatoms. The van der Waals surface area contributed by atoms with Crippen molar-refractivity contribution in [1.29, 1.82) is 0 Å². The number of nitrogens with zero attached hydrogens (tertiary/aromatic N) is 1. The maximum atomic E-state index is 4.79. The Kier molecular flexibility index (Phi) is 5.31. The molecule has 0 unspecified atom stereocenters. The van der Waals surface area contributed by atoms with Gasteiger partial charge in [0.15, 0.2) is 0 Å². The normalized spacial score (nSPS) is 12.2. The summed E-state index contributed by atoms with van der Waals surface area (Å²) in [6, 6.07) is 20.9. The molecule has 0 aromatic heterocycles. The number of benzene rings is 2. The van der Waals surface area contributed by atoms with E-state index in [2.05, 4.69) is 68.5 Å². The van der Waals surface area contributed by atoms with Gasteiger partial charge < -0.3 is 0 Å². The molecule has 20 heavy (non-hydrogen) atoms. The first-order valence-corrected chi connectivity index (χ1v) is 7.11. The molecule has 0 spiro atoms. The van der Waals surface area contributed by atoms with Gasteiger partial charge >= 0.3 is 0 Å². The van der Waals surface area contributed by atoms with Crippen LogP contribution in [0.3, 0.4) is 0 Å². The smallest absolute Gasteiger partial charge is 0.0999 e. The second-order valence-corrected chi connectivity index (χ2v) is 4.86. The van der Waals surface area contributed by atoms with Crippen molar-refractivity contribution in [2.75, 3.05) is 0 Å². The van der Waals surface area contributed by atoms with E-state index in [1.807, 2.05) is 18.3 Å². The van der Waals surface area contributed by atoms with Crippen molar-refractivity contribution in [3.05, 3.63) is 83.4 Å². The van der Waals surface area contributed by atoms with Crippen LogP contribution in [0.25, 0.3) is 0 Å². The molecule has 1 nitrogen and oxygen atoms in total. The molecule has 0 aliphatic carbocycles. The van der Waals surface area contributed by atoms with Crippen LogP contribution in [0.15, 0.2) is 77.3 Å². The zero-order chi connectivity index (χ0) is 14.2. The van der Waals surface area contributed by atoms with Crippen LogP contribution in [0.1, 0.15) is 37.4 Å². The lowest BCUT2D eigenvalue weighted by Gasteiger charge is -2.13. The van der Waals surface area contributed by atoms with Crippen molar-refractivity contribution >= 4 is 6.21 Å². The SMILES string of the molecule is CC/C=C(C)/C=N\C(c1ccccc1)c1ccccc1. The molecule has 102 valence electrons. The fourth-order valence-corrected chi connectivity index (χ4v) is 2.20. The Morgan fingerprint density at radius 3 is 1.90 bits per heavy atom. The summed E-state index contributed by atoms with van der Waals surface area (Å²) >= 11 is 0. The number of allylic oxidation sites excluding steroid dienone is 2. The third-order valence-electron chi connectivity index (χ3n) is 3.18. The van der Waals surface area contributed by atoms with Gasteiger partial charge in [-0.05, 0) is 30.0 Å². The van der Waals surface area contributed by atoms with Crippen molar-refractivity contribution in [1.82, 2.24) is 0 Å². The highest BCUT2D eigenvalue weighted by Gasteiger charge is 2.10. The number of aliphatic imine (C=N–C) groups is 1. The second kappa shape index (κ2) is 7.44. The molecule has 2 aromatic carbocycles. The molecular formula is C19H21N. The molecule has 0 N–H and O–H groups in total. The van der Waals surface area contributed by atoms with E-state index in [1.165, 1.54) is 16.7 Å². The van der Waals surface area contributed by atoms with Gasteiger partial charge in [0.1, 0.15) is 0 Å². The van der Waals surface area contributed by atoms with Crippen molar-refractivity contribution in [3.63, 3.8) is 0 Å². The van der Waals surface area contributed by atoms with Crippen LogP contribution in [0, 0.1) is 0 Å². The zero-order valence-electron chi connectivity index (χ0n) is 12.2. The Morgan fingerprint density at radius 1 is 0.950 bits per heavy atom. The summed E-state index contributed by atoms with van der Waals surface area (Å²) in [5.41, 5.74) is 3.66. The number of hydrogen-bond donors (Lipinski definition) is 0. The highest BCUT2D eigenvalue weighted by Crippen LogP contribution is 2.25. The van der Waals surface area contributed by atoms with Crippen molar-refractivity contribution in [2.45, 2.75) is 26.3 Å². The van der Waals surface area contributed by atoms with Crippen molar-refractivity contribution < 1.29 is 0 Å². The summed E-state index contributed by atoms with van der Waals surface area (Å²) in [5.74, 6) is 0. The van der Waals surface area contributed by atoms with E-state index in [1.54, 1.807) is 0 Å². The van der Waals surface area contributed by atoms with Gasteiger partial charge in [-0.25, -0.2) is 0 Å². The van der Waals surface area contributed by atoms with E-state index in [0.717, 1.165) is 6.42 Å². The van der Waals surface area contributed by atoms with E-state index in [-0.39, 0.29) is 6.04 Å². The highest BCUT2D eigenvalue weighted by atomic mass is 14.8. The minimum absolute atomic E-state index is 0.0672. The summed E-state index contributed by atoms with van der Waals surface area (Å²) in [6.45, 7) is 4.24. The van der Waals surface area contributed by atoms with Gasteiger partial charge in [0, 0.05) is 6.21 Å². The third-order valence-corrected chi connectivity index (χ3v) is 3.18. The van der Waals surface area contributed by atoms with Crippen LogP contribution in [-0.4, -0.2) is 6.21 Å². The Balaban J connectivity index is 2.33. The summed E-state index contributed by atoms with van der Waals surface area (Å²) in [7, 11) is 0. The lowest BCUT2D eigenvalue weighted by atomic mass is 9.99. The summed E-state index contributed by atoms with van der Waals surface area (Å²) in [5, 5.41) is 0. The van der Waals surface area contributed by atoms with E-state index < -0.39 is 0 Å². The maximum absolute atomic E-state index is 4.79. The zero-order valence-corrected chi connectivity index (χ0v) is 12.2. The third kappa shape index (κ3) is 3.92. The summed E-state index contributed by atoms with van der Waals surface area (Å²) < 4.78 is 0. The molecule has 0 bridgehead atoms. The Hall–Kier alpha value is -2.15. The average molecular weight is 263 g/mol. The van der Waals surface area contributed by atoms with Crippen LogP contribution in [0.5, 0.6) is 0 Å². The van der Waals surface area contributed by atoms with Gasteiger partial charge in [-0.15, -0.1) is 0 Å². The van der Waals surface area contributed by atoms with Gasteiger partial charge in [-0.3, -0.25) is 4.99 Å². The van der Waals surface area contributed by atoms with Gasteiger partial charge in [0.2, 0.25) is 0 Å². The predicted molar refractivity (Wildman–Crippen MR) is 87.3 cm³/mol. The van der Waals surface area contributed by atoms with Gasteiger partial charge in [-0.1, -0.05) is 73.7 Å². The molecule has 0 radical (unpaired) electrons. The first-order valence-electron chi connectivity index (χ1n) is 7.11. The van der Waals surface area contributed by atoms with E-state index in [4.69, 9.17) is 4.99 Å².